The summed E-state index contributed by atoms with van der Waals surface area (Å²) >= 11 is 0. The largest absolute Gasteiger partial charge is 0.381 e. The Labute approximate surface area is 168 Å². The van der Waals surface area contributed by atoms with Crippen LogP contribution in [0.15, 0.2) is 55.0 Å². The number of rotatable bonds is 5. The summed E-state index contributed by atoms with van der Waals surface area (Å²) in [5.74, 6) is 6.40. The number of pyridine rings is 1. The average Bonchev–Trinajstić information content (AvgIpc) is 3.09. The van der Waals surface area contributed by atoms with Crippen molar-refractivity contribution < 1.29 is 4.39 Å². The van der Waals surface area contributed by atoms with Crippen LogP contribution >= 0.6 is 7.92 Å². The van der Waals surface area contributed by atoms with Crippen LogP contribution in [-0.2, 0) is 6.54 Å². The van der Waals surface area contributed by atoms with Crippen LogP contribution in [0.25, 0.3) is 16.9 Å². The van der Waals surface area contributed by atoms with E-state index in [2.05, 4.69) is 40.4 Å². The van der Waals surface area contributed by atoms with E-state index < -0.39 is 5.95 Å². The maximum absolute atomic E-state index is 13.8. The molecule has 0 saturated heterocycles. The van der Waals surface area contributed by atoms with Crippen LogP contribution in [0.4, 0.5) is 16.0 Å². The van der Waals surface area contributed by atoms with Crippen molar-refractivity contribution in [2.75, 3.05) is 24.1 Å². The lowest BCUT2D eigenvalue weighted by Crippen LogP contribution is -2.32. The third kappa shape index (κ3) is 3.90. The predicted molar refractivity (Wildman–Crippen MR) is 116 cm³/mol. The van der Waals surface area contributed by atoms with E-state index in [1.165, 1.54) is 20.9 Å². The van der Waals surface area contributed by atoms with E-state index in [-0.39, 0.29) is 20.3 Å². The van der Waals surface area contributed by atoms with Crippen molar-refractivity contribution >= 4 is 30.5 Å². The average molecular weight is 409 g/mol. The topological polar surface area (TPSA) is 98.4 Å². The molecular formula is C20H21FN7P. The molecule has 1 aromatic carbocycles. The molecule has 148 valence electrons. The first-order valence-corrected chi connectivity index (χ1v) is 11.2. The number of anilines is 2. The Bertz CT molecular complexity index is 1160. The molecule has 0 atom stereocenters. The van der Waals surface area contributed by atoms with Gasteiger partial charge in [-0.3, -0.25) is 9.41 Å². The van der Waals surface area contributed by atoms with E-state index in [4.69, 9.17) is 11.6 Å². The molecule has 0 unspecified atom stereocenters. The van der Waals surface area contributed by atoms with E-state index >= 15 is 0 Å². The third-order valence-corrected chi connectivity index (χ3v) is 5.94. The Kier molecular flexibility index (Phi) is 5.13. The van der Waals surface area contributed by atoms with Crippen molar-refractivity contribution in [1.82, 2.24) is 19.4 Å². The van der Waals surface area contributed by atoms with Crippen molar-refractivity contribution in [2.45, 2.75) is 6.54 Å². The number of imidazole rings is 1. The highest BCUT2D eigenvalue weighted by molar-refractivity contribution is 7.64. The zero-order valence-corrected chi connectivity index (χ0v) is 17.0. The molecule has 29 heavy (non-hydrogen) atoms. The lowest BCUT2D eigenvalue weighted by molar-refractivity contribution is 0.572. The number of nitrogen functional groups attached to an aromatic ring is 1. The van der Waals surface area contributed by atoms with Crippen molar-refractivity contribution in [3.63, 3.8) is 0 Å². The van der Waals surface area contributed by atoms with Crippen molar-refractivity contribution in [2.24, 2.45) is 5.84 Å². The lowest BCUT2D eigenvalue weighted by Gasteiger charge is -2.19. The smallest absolute Gasteiger partial charge is 0.217 e. The Balaban J connectivity index is 1.61. The standard InChI is InChI=1S/C20H21FN7P/c1-29(2)15-6-4-14(5-7-15)16-9-25-19(22)20(26-16)28(23)12-13-3-8-18-24-10-17(21)27(18)11-13/h3-11H,12,23H2,1-2H3,(H2,22,25). The summed E-state index contributed by atoms with van der Waals surface area (Å²) < 4.78 is 15.2. The first-order chi connectivity index (χ1) is 13.9. The second-order valence-corrected chi connectivity index (χ2v) is 9.19. The number of hydrogen-bond acceptors (Lipinski definition) is 6. The molecule has 0 aliphatic rings. The summed E-state index contributed by atoms with van der Waals surface area (Å²) in [7, 11) is -0.156. The van der Waals surface area contributed by atoms with Gasteiger partial charge in [0.2, 0.25) is 5.95 Å². The predicted octanol–water partition coefficient (Wildman–Crippen LogP) is 2.76. The fourth-order valence-electron chi connectivity index (χ4n) is 3.03. The van der Waals surface area contributed by atoms with Crippen molar-refractivity contribution in [3.8, 4) is 11.3 Å². The van der Waals surface area contributed by atoms with Crippen LogP contribution in [0, 0.1) is 5.95 Å². The molecule has 0 saturated carbocycles. The van der Waals surface area contributed by atoms with E-state index in [1.807, 2.05) is 18.2 Å². The molecule has 7 nitrogen and oxygen atoms in total. The van der Waals surface area contributed by atoms with E-state index in [0.29, 0.717) is 17.2 Å². The molecule has 4 N–H and O–H groups in total. The molecule has 3 heterocycles. The van der Waals surface area contributed by atoms with E-state index in [0.717, 1.165) is 11.1 Å². The molecule has 0 aliphatic heterocycles. The van der Waals surface area contributed by atoms with Gasteiger partial charge in [-0.15, -0.1) is 0 Å². The van der Waals surface area contributed by atoms with Gasteiger partial charge < -0.3 is 5.73 Å². The highest BCUT2D eigenvalue weighted by Gasteiger charge is 2.13. The van der Waals surface area contributed by atoms with Crippen LogP contribution < -0.4 is 21.9 Å². The number of nitrogens with two attached hydrogens (primary N) is 2. The molecule has 3 aromatic heterocycles. The molecule has 0 bridgehead atoms. The van der Waals surface area contributed by atoms with Gasteiger partial charge in [0.15, 0.2) is 11.6 Å². The number of hydrazine groups is 1. The Hall–Kier alpha value is -3.09. The molecule has 4 aromatic rings. The van der Waals surface area contributed by atoms with Crippen LogP contribution in [0.2, 0.25) is 0 Å². The summed E-state index contributed by atoms with van der Waals surface area (Å²) in [4.78, 5) is 12.8. The number of hydrogen-bond donors (Lipinski definition) is 2. The van der Waals surface area contributed by atoms with Gasteiger partial charge in [-0.1, -0.05) is 38.3 Å². The van der Waals surface area contributed by atoms with Gasteiger partial charge in [0.25, 0.3) is 0 Å². The Morgan fingerprint density at radius 3 is 2.55 bits per heavy atom. The number of fused-ring (bicyclic) bond motifs is 1. The minimum Gasteiger partial charge on any atom is -0.381 e. The number of benzene rings is 1. The zero-order chi connectivity index (χ0) is 20.5. The van der Waals surface area contributed by atoms with Crippen LogP contribution in [-0.4, -0.2) is 32.7 Å². The fraction of sp³-hybridized carbons (Fsp3) is 0.150. The van der Waals surface area contributed by atoms with Gasteiger partial charge in [0.1, 0.15) is 5.65 Å². The van der Waals surface area contributed by atoms with E-state index in [9.17, 15) is 4.39 Å². The fourth-order valence-corrected chi connectivity index (χ4v) is 3.77. The summed E-state index contributed by atoms with van der Waals surface area (Å²) in [6.07, 6.45) is 4.46. The van der Waals surface area contributed by atoms with Crippen LogP contribution in [0.5, 0.6) is 0 Å². The monoisotopic (exact) mass is 409 g/mol. The van der Waals surface area contributed by atoms with Gasteiger partial charge >= 0.3 is 0 Å². The van der Waals surface area contributed by atoms with E-state index in [1.54, 1.807) is 18.5 Å². The lowest BCUT2D eigenvalue weighted by atomic mass is 10.1. The molecule has 0 amide bonds. The maximum atomic E-state index is 13.8. The quantitative estimate of drug-likeness (QED) is 0.299. The molecule has 9 heteroatoms. The van der Waals surface area contributed by atoms with Crippen LogP contribution in [0.1, 0.15) is 5.56 Å². The minimum absolute atomic E-state index is 0.156. The van der Waals surface area contributed by atoms with Gasteiger partial charge in [0, 0.05) is 11.8 Å². The Morgan fingerprint density at radius 2 is 1.83 bits per heavy atom. The summed E-state index contributed by atoms with van der Waals surface area (Å²) in [5, 5.41) is 2.73. The molecule has 0 radical (unpaired) electrons. The van der Waals surface area contributed by atoms with Gasteiger partial charge in [0.05, 0.1) is 24.6 Å². The minimum atomic E-state index is -0.432. The number of halogens is 1. The number of aromatic nitrogens is 4. The second kappa shape index (κ2) is 7.73. The SMILES string of the molecule is CP(C)c1ccc(-c2cnc(N)c(N(N)Cc3ccc4ncc(F)n4c3)n2)cc1. The maximum Gasteiger partial charge on any atom is 0.217 e. The molecule has 0 fully saturated rings. The highest BCUT2D eigenvalue weighted by atomic mass is 31.1. The highest BCUT2D eigenvalue weighted by Crippen LogP contribution is 2.27. The van der Waals surface area contributed by atoms with Crippen LogP contribution in [0.3, 0.4) is 0 Å². The summed E-state index contributed by atoms with van der Waals surface area (Å²) in [6.45, 7) is 4.71. The molecule has 4 rings (SSSR count). The normalized spacial score (nSPS) is 11.3. The first-order valence-electron chi connectivity index (χ1n) is 8.96. The molecular weight excluding hydrogens is 388 g/mol. The van der Waals surface area contributed by atoms with Gasteiger partial charge in [-0.05, 0) is 30.3 Å². The third-order valence-electron chi connectivity index (χ3n) is 4.61. The van der Waals surface area contributed by atoms with Crippen molar-refractivity contribution in [3.05, 3.63) is 66.5 Å². The Morgan fingerprint density at radius 1 is 1.07 bits per heavy atom. The summed E-state index contributed by atoms with van der Waals surface area (Å²) in [5.41, 5.74) is 8.95. The van der Waals surface area contributed by atoms with Gasteiger partial charge in [-0.2, -0.15) is 4.39 Å². The number of nitrogens with zero attached hydrogens (tertiary/aromatic N) is 5. The molecule has 0 aliphatic carbocycles. The first kappa shape index (κ1) is 19.2. The second-order valence-electron chi connectivity index (χ2n) is 6.88. The summed E-state index contributed by atoms with van der Waals surface area (Å²) in [6, 6.07) is 11.8. The van der Waals surface area contributed by atoms with Gasteiger partial charge in [-0.25, -0.2) is 20.8 Å². The molecule has 0 spiro atoms. The van der Waals surface area contributed by atoms with Crippen molar-refractivity contribution in [1.29, 1.82) is 0 Å². The zero-order valence-electron chi connectivity index (χ0n) is 16.1.